The molecule has 0 amide bonds. The van der Waals surface area contributed by atoms with Gasteiger partial charge in [-0.25, -0.2) is 9.37 Å². The van der Waals surface area contributed by atoms with Crippen LogP contribution in [0.25, 0.3) is 0 Å². The number of amidine groups is 1. The van der Waals surface area contributed by atoms with Crippen molar-refractivity contribution in [3.8, 4) is 11.6 Å². The van der Waals surface area contributed by atoms with Crippen LogP contribution in [0.4, 0.5) is 4.39 Å². The number of benzene rings is 1. The summed E-state index contributed by atoms with van der Waals surface area (Å²) < 4.78 is 19.0. The molecule has 0 saturated carbocycles. The van der Waals surface area contributed by atoms with Gasteiger partial charge in [0.05, 0.1) is 5.56 Å². The second-order valence-corrected chi connectivity index (χ2v) is 4.23. The largest absolute Gasteiger partial charge is 0.438 e. The summed E-state index contributed by atoms with van der Waals surface area (Å²) in [7, 11) is 0. The van der Waals surface area contributed by atoms with Crippen LogP contribution in [0, 0.1) is 25.1 Å². The van der Waals surface area contributed by atoms with E-state index < -0.39 is 0 Å². The minimum absolute atomic E-state index is 0.131. The number of nitrogens with one attached hydrogen (secondary N) is 1. The van der Waals surface area contributed by atoms with Gasteiger partial charge in [-0.3, -0.25) is 5.41 Å². The van der Waals surface area contributed by atoms with Crippen molar-refractivity contribution in [2.24, 2.45) is 5.73 Å². The first-order chi connectivity index (χ1) is 8.99. The van der Waals surface area contributed by atoms with Crippen molar-refractivity contribution in [1.82, 2.24) is 4.98 Å². The predicted molar refractivity (Wildman–Crippen MR) is 71.2 cm³/mol. The number of halogens is 1. The van der Waals surface area contributed by atoms with E-state index in [0.717, 1.165) is 5.56 Å². The normalized spacial score (nSPS) is 10.3. The fraction of sp³-hybridized carbons (Fsp3) is 0.143. The summed E-state index contributed by atoms with van der Waals surface area (Å²) in [6.45, 7) is 3.48. The van der Waals surface area contributed by atoms with Crippen LogP contribution in [0.15, 0.2) is 30.5 Å². The van der Waals surface area contributed by atoms with Gasteiger partial charge in [-0.15, -0.1) is 0 Å². The molecule has 0 unspecified atom stereocenters. The number of ether oxygens (including phenoxy) is 1. The van der Waals surface area contributed by atoms with Crippen LogP contribution in [0.3, 0.4) is 0 Å². The van der Waals surface area contributed by atoms with Gasteiger partial charge in [-0.1, -0.05) is 6.07 Å². The van der Waals surface area contributed by atoms with Crippen LogP contribution in [0.2, 0.25) is 0 Å². The highest BCUT2D eigenvalue weighted by molar-refractivity contribution is 5.98. The molecule has 0 aliphatic heterocycles. The van der Waals surface area contributed by atoms with Crippen molar-refractivity contribution in [3.05, 3.63) is 53.0 Å². The first kappa shape index (κ1) is 13.0. The average molecular weight is 259 g/mol. The van der Waals surface area contributed by atoms with Gasteiger partial charge < -0.3 is 10.5 Å². The predicted octanol–water partition coefficient (Wildman–Crippen LogP) is 2.91. The van der Waals surface area contributed by atoms with Crippen LogP contribution in [0.1, 0.15) is 16.7 Å². The van der Waals surface area contributed by atoms with E-state index in [1.54, 1.807) is 38.2 Å². The number of nitrogens with two attached hydrogens (primary N) is 1. The summed E-state index contributed by atoms with van der Waals surface area (Å²) in [6.07, 6.45) is 1.56. The zero-order valence-corrected chi connectivity index (χ0v) is 10.7. The minimum Gasteiger partial charge on any atom is -0.438 e. The van der Waals surface area contributed by atoms with Gasteiger partial charge in [-0.2, -0.15) is 0 Å². The molecule has 5 heteroatoms. The van der Waals surface area contributed by atoms with Gasteiger partial charge in [0.25, 0.3) is 0 Å². The summed E-state index contributed by atoms with van der Waals surface area (Å²) in [5.74, 6) is 0.0437. The number of hydrogen-bond acceptors (Lipinski definition) is 3. The Kier molecular flexibility index (Phi) is 3.46. The Morgan fingerprint density at radius 2 is 2.00 bits per heavy atom. The summed E-state index contributed by atoms with van der Waals surface area (Å²) in [5.41, 5.74) is 7.25. The Morgan fingerprint density at radius 3 is 2.63 bits per heavy atom. The average Bonchev–Trinajstić information content (AvgIpc) is 2.33. The lowest BCUT2D eigenvalue weighted by Crippen LogP contribution is -2.14. The van der Waals surface area contributed by atoms with Crippen LogP contribution in [-0.4, -0.2) is 10.8 Å². The molecule has 0 fully saturated rings. The Morgan fingerprint density at radius 1 is 1.26 bits per heavy atom. The molecule has 4 nitrogen and oxygen atoms in total. The number of aryl methyl sites for hydroxylation is 2. The van der Waals surface area contributed by atoms with E-state index in [1.165, 1.54) is 6.07 Å². The van der Waals surface area contributed by atoms with Crippen molar-refractivity contribution >= 4 is 5.84 Å². The van der Waals surface area contributed by atoms with Crippen LogP contribution in [0.5, 0.6) is 11.6 Å². The molecule has 2 rings (SSSR count). The van der Waals surface area contributed by atoms with E-state index in [9.17, 15) is 4.39 Å². The molecule has 2 aromatic rings. The van der Waals surface area contributed by atoms with Crippen LogP contribution in [-0.2, 0) is 0 Å². The van der Waals surface area contributed by atoms with Crippen molar-refractivity contribution < 1.29 is 9.13 Å². The second kappa shape index (κ2) is 5.06. The third kappa shape index (κ3) is 2.70. The second-order valence-electron chi connectivity index (χ2n) is 4.23. The number of hydrogen-bond donors (Lipinski definition) is 2. The Labute approximate surface area is 110 Å². The van der Waals surface area contributed by atoms with Gasteiger partial charge in [0.15, 0.2) is 0 Å². The molecule has 98 valence electrons. The topological polar surface area (TPSA) is 72.0 Å². The zero-order valence-electron chi connectivity index (χ0n) is 10.7. The Balaban J connectivity index is 2.40. The smallest absolute Gasteiger partial charge is 0.230 e. The van der Waals surface area contributed by atoms with E-state index in [1.807, 2.05) is 0 Å². The lowest BCUT2D eigenvalue weighted by Gasteiger charge is -2.11. The molecule has 0 spiro atoms. The molecule has 0 atom stereocenters. The summed E-state index contributed by atoms with van der Waals surface area (Å²) in [6, 6.07) is 6.28. The monoisotopic (exact) mass is 259 g/mol. The maximum atomic E-state index is 13.5. The lowest BCUT2D eigenvalue weighted by atomic mass is 10.1. The summed E-state index contributed by atoms with van der Waals surface area (Å²) in [5, 5.41) is 7.54. The lowest BCUT2D eigenvalue weighted by molar-refractivity contribution is 0.456. The minimum atomic E-state index is -0.352. The van der Waals surface area contributed by atoms with Gasteiger partial charge in [-0.05, 0) is 37.1 Å². The molecule has 0 saturated heterocycles. The van der Waals surface area contributed by atoms with E-state index in [4.69, 9.17) is 15.9 Å². The molecular weight excluding hydrogens is 245 g/mol. The van der Waals surface area contributed by atoms with Crippen LogP contribution >= 0.6 is 0 Å². The van der Waals surface area contributed by atoms with Gasteiger partial charge in [0.1, 0.15) is 17.4 Å². The highest BCUT2D eigenvalue weighted by Crippen LogP contribution is 2.26. The number of rotatable bonds is 3. The zero-order chi connectivity index (χ0) is 14.0. The van der Waals surface area contributed by atoms with E-state index >= 15 is 0 Å². The first-order valence-electron chi connectivity index (χ1n) is 5.73. The molecule has 1 aromatic carbocycles. The van der Waals surface area contributed by atoms with Gasteiger partial charge >= 0.3 is 0 Å². The van der Waals surface area contributed by atoms with Crippen molar-refractivity contribution in [3.63, 3.8) is 0 Å². The third-order valence-corrected chi connectivity index (χ3v) is 2.75. The van der Waals surface area contributed by atoms with Crippen LogP contribution < -0.4 is 10.5 Å². The van der Waals surface area contributed by atoms with Gasteiger partial charge in [0.2, 0.25) is 5.88 Å². The molecule has 3 N–H and O–H groups in total. The number of aromatic nitrogens is 1. The number of nitrogen functional groups attached to an aromatic ring is 1. The Hall–Kier alpha value is -2.43. The maximum Gasteiger partial charge on any atom is 0.230 e. The fourth-order valence-electron chi connectivity index (χ4n) is 1.69. The van der Waals surface area contributed by atoms with E-state index in [2.05, 4.69) is 4.98 Å². The molecule has 1 heterocycles. The molecule has 0 bridgehead atoms. The highest BCUT2D eigenvalue weighted by Gasteiger charge is 2.12. The van der Waals surface area contributed by atoms with E-state index in [0.29, 0.717) is 16.9 Å². The third-order valence-electron chi connectivity index (χ3n) is 2.75. The standard InChI is InChI=1S/C14H14FN3O/c1-8-3-4-10(7-11(8)15)19-14-12(13(16)17)9(2)5-6-18-14/h3-7H,1-2H3,(H3,16,17). The quantitative estimate of drug-likeness (QED) is 0.657. The fourth-order valence-corrected chi connectivity index (χ4v) is 1.69. The molecular formula is C14H14FN3O. The molecule has 19 heavy (non-hydrogen) atoms. The molecule has 1 aromatic heterocycles. The SMILES string of the molecule is Cc1ccc(Oc2nccc(C)c2C(=N)N)cc1F. The number of nitrogens with zero attached hydrogens (tertiary/aromatic N) is 1. The summed E-state index contributed by atoms with van der Waals surface area (Å²) >= 11 is 0. The Bertz CT molecular complexity index is 641. The molecule has 0 radical (unpaired) electrons. The van der Waals surface area contributed by atoms with Crippen molar-refractivity contribution in [2.75, 3.05) is 0 Å². The van der Waals surface area contributed by atoms with Gasteiger partial charge in [0, 0.05) is 12.3 Å². The molecule has 0 aliphatic carbocycles. The highest BCUT2D eigenvalue weighted by atomic mass is 19.1. The van der Waals surface area contributed by atoms with Crippen molar-refractivity contribution in [1.29, 1.82) is 5.41 Å². The van der Waals surface area contributed by atoms with E-state index in [-0.39, 0.29) is 17.5 Å². The first-order valence-corrected chi connectivity index (χ1v) is 5.73. The summed E-state index contributed by atoms with van der Waals surface area (Å²) in [4.78, 5) is 4.04. The number of pyridine rings is 1. The molecule has 0 aliphatic rings. The maximum absolute atomic E-state index is 13.5. The van der Waals surface area contributed by atoms with Crippen molar-refractivity contribution in [2.45, 2.75) is 13.8 Å².